The number of urea groups is 1. The van der Waals surface area contributed by atoms with Crippen LogP contribution in [0.15, 0.2) is 42.2 Å². The Balaban J connectivity index is 2.26. The number of hydrogen-bond donors (Lipinski definition) is 1. The van der Waals surface area contributed by atoms with Gasteiger partial charge in [0.2, 0.25) is 5.78 Å². The molecule has 0 bridgehead atoms. The van der Waals surface area contributed by atoms with Gasteiger partial charge in [-0.2, -0.15) is 0 Å². The zero-order valence-electron chi connectivity index (χ0n) is 17.3. The molecule has 1 aromatic heterocycles. The minimum absolute atomic E-state index is 0.0364. The summed E-state index contributed by atoms with van der Waals surface area (Å²) in [5.41, 5.74) is 0.113. The van der Waals surface area contributed by atoms with E-state index in [2.05, 4.69) is 10.3 Å². The number of Topliss-reactive ketones (excluding diaryl/α,β-unsaturated/α-hetero) is 1. The molecule has 1 aromatic carbocycles. The number of rotatable bonds is 9. The maximum Gasteiger partial charge on any atom is 0.325 e. The molecule has 168 valence electrons. The first-order valence-corrected chi connectivity index (χ1v) is 9.46. The van der Waals surface area contributed by atoms with E-state index in [-0.39, 0.29) is 40.2 Å². The van der Waals surface area contributed by atoms with Gasteiger partial charge in [0.25, 0.3) is 5.88 Å². The van der Waals surface area contributed by atoms with Crippen LogP contribution in [0.3, 0.4) is 0 Å². The molecule has 0 fully saturated rings. The van der Waals surface area contributed by atoms with Crippen molar-refractivity contribution in [1.29, 1.82) is 0 Å². The summed E-state index contributed by atoms with van der Waals surface area (Å²) in [6, 6.07) is 4.36. The molecule has 11 heteroatoms. The molecule has 0 aliphatic rings. The van der Waals surface area contributed by atoms with Crippen molar-refractivity contribution in [2.24, 2.45) is 0 Å². The summed E-state index contributed by atoms with van der Waals surface area (Å²) in [5, 5.41) is 2.26. The average Bonchev–Trinajstić information content (AvgIpc) is 2.74. The van der Waals surface area contributed by atoms with Gasteiger partial charge in [-0.25, -0.2) is 14.2 Å². The zero-order chi connectivity index (χ0) is 23.8. The number of amides is 2. The molecule has 9 nitrogen and oxygen atoms in total. The molecular formula is C21H19ClFN3O6. The highest BCUT2D eigenvalue weighted by molar-refractivity contribution is 6.32. The van der Waals surface area contributed by atoms with E-state index < -0.39 is 24.2 Å². The zero-order valence-corrected chi connectivity index (χ0v) is 18.1. The number of aldehydes is 1. The van der Waals surface area contributed by atoms with Gasteiger partial charge in [-0.1, -0.05) is 11.6 Å². The molecule has 0 aliphatic carbocycles. The molecule has 0 atom stereocenters. The van der Waals surface area contributed by atoms with E-state index >= 15 is 0 Å². The third kappa shape index (κ3) is 6.61. The lowest BCUT2D eigenvalue weighted by molar-refractivity contribution is -0.131. The minimum Gasteiger partial charge on any atom is -0.467 e. The van der Waals surface area contributed by atoms with E-state index in [0.717, 1.165) is 17.0 Å². The highest BCUT2D eigenvalue weighted by atomic mass is 35.5. The van der Waals surface area contributed by atoms with Gasteiger partial charge in [0.1, 0.15) is 11.6 Å². The first-order chi connectivity index (χ1) is 15.1. The first kappa shape index (κ1) is 24.5. The van der Waals surface area contributed by atoms with Crippen LogP contribution in [0.4, 0.5) is 14.9 Å². The van der Waals surface area contributed by atoms with Gasteiger partial charge in [-0.3, -0.25) is 14.4 Å². The van der Waals surface area contributed by atoms with Crippen LogP contribution in [-0.2, 0) is 14.4 Å². The van der Waals surface area contributed by atoms with Crippen LogP contribution in [0.25, 0.3) is 0 Å². The van der Waals surface area contributed by atoms with Gasteiger partial charge in [-0.05, 0) is 32.0 Å². The number of ether oxygens (including phenoxy) is 2. The monoisotopic (exact) mass is 463 g/mol. The fraction of sp³-hybridized carbons (Fsp3) is 0.190. The Morgan fingerprint density at radius 2 is 1.97 bits per heavy atom. The second kappa shape index (κ2) is 11.0. The third-order valence-corrected chi connectivity index (χ3v) is 4.24. The molecule has 1 heterocycles. The Kier molecular flexibility index (Phi) is 8.42. The smallest absolute Gasteiger partial charge is 0.325 e. The number of anilines is 1. The van der Waals surface area contributed by atoms with Crippen molar-refractivity contribution in [3.05, 3.63) is 53.1 Å². The molecule has 0 spiro atoms. The summed E-state index contributed by atoms with van der Waals surface area (Å²) < 4.78 is 25.2. The van der Waals surface area contributed by atoms with Crippen LogP contribution in [-0.4, -0.2) is 47.4 Å². The first-order valence-electron chi connectivity index (χ1n) is 9.08. The lowest BCUT2D eigenvalue weighted by Crippen LogP contribution is -2.30. The van der Waals surface area contributed by atoms with Crippen molar-refractivity contribution in [3.8, 4) is 17.4 Å². The molecule has 0 saturated carbocycles. The van der Waals surface area contributed by atoms with Crippen molar-refractivity contribution in [2.75, 3.05) is 19.0 Å². The number of ketones is 2. The average molecular weight is 464 g/mol. The number of nitrogens with zero attached hydrogens (tertiary/aromatic N) is 2. The fourth-order valence-electron chi connectivity index (χ4n) is 2.31. The Bertz CT molecular complexity index is 1090. The SMILES string of the molecule is CC(=O)C=C(C)N(C)C(=O)Nc1cc(Oc2cccnc2OCC(=O)C=O)c(Cl)cc1F. The number of allylic oxidation sites excluding steroid dienone is 2. The minimum atomic E-state index is -0.823. The van der Waals surface area contributed by atoms with E-state index in [1.165, 1.54) is 38.4 Å². The van der Waals surface area contributed by atoms with Gasteiger partial charge in [0.05, 0.1) is 10.7 Å². The van der Waals surface area contributed by atoms with E-state index in [4.69, 9.17) is 21.1 Å². The number of aromatic nitrogens is 1. The number of halogens is 2. The van der Waals surface area contributed by atoms with Crippen LogP contribution < -0.4 is 14.8 Å². The number of hydrogen-bond acceptors (Lipinski definition) is 7. The highest BCUT2D eigenvalue weighted by Crippen LogP contribution is 2.36. The molecule has 2 rings (SSSR count). The lowest BCUT2D eigenvalue weighted by atomic mass is 10.2. The predicted molar refractivity (Wildman–Crippen MR) is 114 cm³/mol. The van der Waals surface area contributed by atoms with E-state index in [1.807, 2.05) is 0 Å². The van der Waals surface area contributed by atoms with E-state index in [9.17, 15) is 23.6 Å². The van der Waals surface area contributed by atoms with Crippen molar-refractivity contribution in [2.45, 2.75) is 13.8 Å². The number of benzene rings is 1. The lowest BCUT2D eigenvalue weighted by Gasteiger charge is -2.19. The number of carbonyl (C=O) groups excluding carboxylic acids is 4. The second-order valence-electron chi connectivity index (χ2n) is 6.43. The number of nitrogens with one attached hydrogen (secondary N) is 1. The van der Waals surface area contributed by atoms with Gasteiger partial charge in [0.15, 0.2) is 24.4 Å². The maximum absolute atomic E-state index is 14.4. The van der Waals surface area contributed by atoms with Crippen LogP contribution in [0, 0.1) is 5.82 Å². The number of pyridine rings is 1. The van der Waals surface area contributed by atoms with Crippen LogP contribution in [0.1, 0.15) is 13.8 Å². The number of carbonyl (C=O) groups is 4. The normalized spacial score (nSPS) is 10.8. The van der Waals surface area contributed by atoms with Gasteiger partial charge < -0.3 is 19.7 Å². The summed E-state index contributed by atoms with van der Waals surface area (Å²) in [6.07, 6.45) is 2.74. The molecule has 0 saturated heterocycles. The fourth-order valence-corrected chi connectivity index (χ4v) is 2.50. The quantitative estimate of drug-likeness (QED) is 0.342. The van der Waals surface area contributed by atoms with Crippen molar-refractivity contribution in [3.63, 3.8) is 0 Å². The predicted octanol–water partition coefficient (Wildman–Crippen LogP) is 3.77. The second-order valence-corrected chi connectivity index (χ2v) is 6.84. The van der Waals surface area contributed by atoms with Crippen LogP contribution in [0.2, 0.25) is 5.02 Å². The molecule has 0 radical (unpaired) electrons. The largest absolute Gasteiger partial charge is 0.467 e. The Hall–Kier alpha value is -3.79. The molecule has 32 heavy (non-hydrogen) atoms. The van der Waals surface area contributed by atoms with Crippen molar-refractivity contribution < 1.29 is 33.0 Å². The summed E-state index contributed by atoms with van der Waals surface area (Å²) in [5.74, 6) is -1.98. The Labute approximate surface area is 187 Å². The summed E-state index contributed by atoms with van der Waals surface area (Å²) in [6.45, 7) is 2.34. The van der Waals surface area contributed by atoms with Gasteiger partial charge in [-0.15, -0.1) is 0 Å². The maximum atomic E-state index is 14.4. The third-order valence-electron chi connectivity index (χ3n) is 3.95. The standard InChI is InChI=1S/C21H19ClFN3O6/c1-12(7-13(2)28)26(3)21(30)25-17-9-19(15(22)8-16(17)23)32-18-5-4-6-24-20(18)31-11-14(29)10-27/h4-10H,11H2,1-3H3,(H,25,30). The topological polar surface area (TPSA) is 115 Å². The Morgan fingerprint density at radius 1 is 1.25 bits per heavy atom. The summed E-state index contributed by atoms with van der Waals surface area (Å²) >= 11 is 6.06. The molecule has 2 aromatic rings. The van der Waals surface area contributed by atoms with E-state index in [1.54, 1.807) is 6.92 Å². The van der Waals surface area contributed by atoms with E-state index in [0.29, 0.717) is 5.70 Å². The van der Waals surface area contributed by atoms with Gasteiger partial charge >= 0.3 is 6.03 Å². The summed E-state index contributed by atoms with van der Waals surface area (Å²) in [7, 11) is 1.41. The van der Waals surface area contributed by atoms with Gasteiger partial charge in [0, 0.05) is 31.1 Å². The molecular weight excluding hydrogens is 445 g/mol. The van der Waals surface area contributed by atoms with Crippen molar-refractivity contribution >= 4 is 41.2 Å². The highest BCUT2D eigenvalue weighted by Gasteiger charge is 2.18. The molecule has 0 aliphatic heterocycles. The van der Waals surface area contributed by atoms with Crippen LogP contribution >= 0.6 is 11.6 Å². The summed E-state index contributed by atoms with van der Waals surface area (Å²) in [4.78, 5) is 50.3. The Morgan fingerprint density at radius 3 is 2.62 bits per heavy atom. The molecule has 1 N–H and O–H groups in total. The van der Waals surface area contributed by atoms with Crippen molar-refractivity contribution in [1.82, 2.24) is 9.88 Å². The molecule has 0 unspecified atom stereocenters. The van der Waals surface area contributed by atoms with Crippen LogP contribution in [0.5, 0.6) is 17.4 Å². The molecule has 2 amide bonds.